The molecule has 1 aliphatic rings. The zero-order chi connectivity index (χ0) is 16.8. The highest BCUT2D eigenvalue weighted by Crippen LogP contribution is 2.32. The number of methoxy groups -OCH3 is 1. The third kappa shape index (κ3) is 4.07. The monoisotopic (exact) mass is 343 g/mol. The van der Waals surface area contributed by atoms with Crippen LogP contribution in [0.1, 0.15) is 12.5 Å². The largest absolute Gasteiger partial charge is 0.493 e. The first-order valence-corrected chi connectivity index (χ1v) is 8.05. The van der Waals surface area contributed by atoms with Crippen LogP contribution in [0.25, 0.3) is 0 Å². The Morgan fingerprint density at radius 1 is 1.48 bits per heavy atom. The van der Waals surface area contributed by atoms with E-state index < -0.39 is 12.1 Å². The summed E-state index contributed by atoms with van der Waals surface area (Å²) in [6.07, 6.45) is -0.719. The molecule has 1 heterocycles. The number of aliphatic hydroxyl groups is 1. The van der Waals surface area contributed by atoms with Crippen molar-refractivity contribution in [3.8, 4) is 11.5 Å². The molecular weight excluding hydrogens is 322 g/mol. The summed E-state index contributed by atoms with van der Waals surface area (Å²) >= 11 is 5.72. The van der Waals surface area contributed by atoms with Gasteiger partial charge in [-0.05, 0) is 13.0 Å². The lowest BCUT2D eigenvalue weighted by molar-refractivity contribution is -0.133. The fourth-order valence-electron chi connectivity index (χ4n) is 2.67. The molecule has 7 heteroatoms. The van der Waals surface area contributed by atoms with E-state index >= 15 is 0 Å². The molecule has 0 radical (unpaired) electrons. The van der Waals surface area contributed by atoms with Gasteiger partial charge in [-0.25, -0.2) is 0 Å². The summed E-state index contributed by atoms with van der Waals surface area (Å²) in [5, 5.41) is 10.0. The van der Waals surface area contributed by atoms with E-state index in [9.17, 15) is 9.90 Å². The summed E-state index contributed by atoms with van der Waals surface area (Å²) in [6, 6.07) is 5.10. The number of para-hydroxylation sites is 1. The molecule has 0 bridgehead atoms. The Hall–Kier alpha value is -1.50. The summed E-state index contributed by atoms with van der Waals surface area (Å²) in [5.41, 5.74) is 0.788. The van der Waals surface area contributed by atoms with Crippen LogP contribution in [0.3, 0.4) is 0 Å². The zero-order valence-corrected chi connectivity index (χ0v) is 14.1. The van der Waals surface area contributed by atoms with E-state index in [0.29, 0.717) is 18.1 Å². The Balaban J connectivity index is 2.29. The number of carbonyl (C=O) groups is 1. The number of rotatable bonds is 7. The van der Waals surface area contributed by atoms with E-state index in [-0.39, 0.29) is 31.5 Å². The molecule has 0 saturated carbocycles. The van der Waals surface area contributed by atoms with Crippen LogP contribution in [0.4, 0.5) is 0 Å². The molecule has 0 aliphatic carbocycles. The van der Waals surface area contributed by atoms with Gasteiger partial charge >= 0.3 is 0 Å². The fourth-order valence-corrected chi connectivity index (χ4v) is 2.82. The highest BCUT2D eigenvalue weighted by molar-refractivity contribution is 6.27. The Morgan fingerprint density at radius 2 is 2.26 bits per heavy atom. The number of benzene rings is 1. The normalized spacial score (nSPS) is 20.3. The summed E-state index contributed by atoms with van der Waals surface area (Å²) in [5.74, 6) is 0.783. The van der Waals surface area contributed by atoms with Gasteiger partial charge in [0.2, 0.25) is 5.91 Å². The lowest BCUT2D eigenvalue weighted by Crippen LogP contribution is -2.46. The molecule has 1 aromatic carbocycles. The first-order valence-electron chi connectivity index (χ1n) is 7.52. The van der Waals surface area contributed by atoms with Gasteiger partial charge in [-0.15, -0.1) is 11.6 Å². The van der Waals surface area contributed by atoms with Crippen LogP contribution in [0, 0.1) is 0 Å². The summed E-state index contributed by atoms with van der Waals surface area (Å²) in [6.45, 7) is 3.17. The van der Waals surface area contributed by atoms with Crippen molar-refractivity contribution < 1.29 is 24.1 Å². The molecule has 23 heavy (non-hydrogen) atoms. The number of halogens is 1. The Bertz CT molecular complexity index is 539. The van der Waals surface area contributed by atoms with E-state index in [4.69, 9.17) is 25.8 Å². The van der Waals surface area contributed by atoms with Gasteiger partial charge in [-0.1, -0.05) is 12.1 Å². The molecule has 1 saturated heterocycles. The van der Waals surface area contributed by atoms with Crippen molar-refractivity contribution in [2.24, 2.45) is 0 Å². The van der Waals surface area contributed by atoms with Crippen LogP contribution in [0.5, 0.6) is 11.5 Å². The van der Waals surface area contributed by atoms with Crippen molar-refractivity contribution >= 4 is 17.5 Å². The maximum Gasteiger partial charge on any atom is 0.238 e. The Kier molecular flexibility index (Phi) is 6.50. The maximum absolute atomic E-state index is 12.2. The molecule has 1 aromatic rings. The summed E-state index contributed by atoms with van der Waals surface area (Å²) < 4.78 is 16.3. The number of amides is 1. The third-order valence-electron chi connectivity index (χ3n) is 3.76. The van der Waals surface area contributed by atoms with Gasteiger partial charge in [-0.2, -0.15) is 0 Å². The van der Waals surface area contributed by atoms with Crippen LogP contribution < -0.4 is 9.47 Å². The minimum Gasteiger partial charge on any atom is -0.493 e. The van der Waals surface area contributed by atoms with Crippen LogP contribution in [0.15, 0.2) is 18.2 Å². The SMILES string of the molecule is CCOc1cccc(CN(C(=O)CCl)[C@H]2COC[C@@H]2O)c1OC. The number of hydrogen-bond acceptors (Lipinski definition) is 5. The molecule has 128 valence electrons. The Morgan fingerprint density at radius 3 is 2.83 bits per heavy atom. The number of hydrogen-bond donors (Lipinski definition) is 1. The minimum atomic E-state index is -0.719. The molecule has 1 amide bonds. The molecule has 0 aromatic heterocycles. The first-order chi connectivity index (χ1) is 11.1. The van der Waals surface area contributed by atoms with Gasteiger partial charge in [0.05, 0.1) is 39.1 Å². The Labute approximate surface area is 140 Å². The topological polar surface area (TPSA) is 68.2 Å². The molecule has 0 unspecified atom stereocenters. The smallest absolute Gasteiger partial charge is 0.238 e. The van der Waals surface area contributed by atoms with Crippen LogP contribution in [0.2, 0.25) is 0 Å². The number of nitrogens with zero attached hydrogens (tertiary/aromatic N) is 1. The summed E-state index contributed by atoms with van der Waals surface area (Å²) in [7, 11) is 1.56. The predicted molar refractivity (Wildman–Crippen MR) is 86.0 cm³/mol. The summed E-state index contributed by atoms with van der Waals surface area (Å²) in [4.78, 5) is 13.8. The van der Waals surface area contributed by atoms with Gasteiger partial charge < -0.3 is 24.2 Å². The minimum absolute atomic E-state index is 0.156. The van der Waals surface area contributed by atoms with E-state index in [1.807, 2.05) is 25.1 Å². The van der Waals surface area contributed by atoms with Crippen molar-refractivity contribution in [3.63, 3.8) is 0 Å². The molecule has 0 spiro atoms. The molecule has 6 nitrogen and oxygen atoms in total. The molecule has 2 atom stereocenters. The standard InChI is InChI=1S/C16H22ClNO5/c1-3-23-14-6-4-5-11(16(14)21-2)8-18(15(20)7-17)12-9-22-10-13(12)19/h4-6,12-13,19H,3,7-10H2,1-2H3/t12-,13-/m0/s1. The van der Waals surface area contributed by atoms with Crippen molar-refractivity contribution in [3.05, 3.63) is 23.8 Å². The molecule has 1 N–H and O–H groups in total. The van der Waals surface area contributed by atoms with Gasteiger partial charge in [-0.3, -0.25) is 4.79 Å². The number of ether oxygens (including phenoxy) is 3. The van der Waals surface area contributed by atoms with Crippen LogP contribution in [-0.4, -0.2) is 60.9 Å². The number of aliphatic hydroxyl groups excluding tert-OH is 1. The lowest BCUT2D eigenvalue weighted by Gasteiger charge is -2.30. The maximum atomic E-state index is 12.2. The van der Waals surface area contributed by atoms with Crippen molar-refractivity contribution in [1.82, 2.24) is 4.90 Å². The second kappa shape index (κ2) is 8.38. The van der Waals surface area contributed by atoms with Gasteiger partial charge in [0.1, 0.15) is 5.88 Å². The lowest BCUT2D eigenvalue weighted by atomic mass is 10.1. The molecule has 2 rings (SSSR count). The van der Waals surface area contributed by atoms with E-state index in [2.05, 4.69) is 0 Å². The average Bonchev–Trinajstić information content (AvgIpc) is 2.98. The highest BCUT2D eigenvalue weighted by atomic mass is 35.5. The van der Waals surface area contributed by atoms with E-state index in [1.165, 1.54) is 4.90 Å². The second-order valence-electron chi connectivity index (χ2n) is 5.21. The van der Waals surface area contributed by atoms with Gasteiger partial charge in [0, 0.05) is 12.1 Å². The van der Waals surface area contributed by atoms with Gasteiger partial charge in [0.25, 0.3) is 0 Å². The van der Waals surface area contributed by atoms with Crippen LogP contribution >= 0.6 is 11.6 Å². The zero-order valence-electron chi connectivity index (χ0n) is 13.3. The molecule has 1 fully saturated rings. The third-order valence-corrected chi connectivity index (χ3v) is 3.99. The highest BCUT2D eigenvalue weighted by Gasteiger charge is 2.34. The number of alkyl halides is 1. The van der Waals surface area contributed by atoms with Crippen molar-refractivity contribution in [2.45, 2.75) is 25.6 Å². The average molecular weight is 344 g/mol. The molecule has 1 aliphatic heterocycles. The fraction of sp³-hybridized carbons (Fsp3) is 0.562. The van der Waals surface area contributed by atoms with Crippen molar-refractivity contribution in [2.75, 3.05) is 32.8 Å². The first kappa shape index (κ1) is 17.8. The quantitative estimate of drug-likeness (QED) is 0.758. The predicted octanol–water partition coefficient (Wildman–Crippen LogP) is 1.42. The van der Waals surface area contributed by atoms with Gasteiger partial charge in [0.15, 0.2) is 11.5 Å². The van der Waals surface area contributed by atoms with Crippen LogP contribution in [-0.2, 0) is 16.1 Å². The second-order valence-corrected chi connectivity index (χ2v) is 5.48. The van der Waals surface area contributed by atoms with E-state index in [1.54, 1.807) is 7.11 Å². The van der Waals surface area contributed by atoms with E-state index in [0.717, 1.165) is 5.56 Å². The number of carbonyl (C=O) groups excluding carboxylic acids is 1. The molecular formula is C16H22ClNO5. The van der Waals surface area contributed by atoms with Crippen molar-refractivity contribution in [1.29, 1.82) is 0 Å².